The number of thiophene rings is 1. The molecule has 0 aliphatic heterocycles. The van der Waals surface area contributed by atoms with Gasteiger partial charge in [-0.2, -0.15) is 11.3 Å². The summed E-state index contributed by atoms with van der Waals surface area (Å²) in [6, 6.07) is 2.59. The normalized spacial score (nSPS) is 19.1. The maximum absolute atomic E-state index is 6.11. The molecule has 4 heteroatoms. The van der Waals surface area contributed by atoms with Gasteiger partial charge in [0.15, 0.2) is 0 Å². The number of nitrogens with zero attached hydrogens (tertiary/aromatic N) is 1. The Balaban J connectivity index is 1.77. The molecular weight excluding hydrogens is 244 g/mol. The zero-order valence-corrected chi connectivity index (χ0v) is 12.2. The van der Waals surface area contributed by atoms with E-state index in [1.807, 2.05) is 0 Å². The van der Waals surface area contributed by atoms with Crippen molar-refractivity contribution in [3.05, 3.63) is 22.4 Å². The van der Waals surface area contributed by atoms with E-state index in [2.05, 4.69) is 35.7 Å². The second kappa shape index (κ2) is 6.66. The Morgan fingerprint density at radius 1 is 1.56 bits per heavy atom. The number of likely N-dealkylation sites (N-methyl/N-ethyl adjacent to an activating group) is 1. The van der Waals surface area contributed by atoms with Crippen molar-refractivity contribution < 1.29 is 4.74 Å². The Morgan fingerprint density at radius 3 is 2.89 bits per heavy atom. The second-order valence-corrected chi connectivity index (χ2v) is 6.14. The van der Waals surface area contributed by atoms with Crippen LogP contribution in [0.25, 0.3) is 0 Å². The van der Waals surface area contributed by atoms with E-state index in [1.54, 1.807) is 11.3 Å². The van der Waals surface area contributed by atoms with E-state index >= 15 is 0 Å². The Kier molecular flexibility index (Phi) is 5.18. The van der Waals surface area contributed by atoms with Crippen LogP contribution in [0.2, 0.25) is 0 Å². The molecule has 0 amide bonds. The minimum absolute atomic E-state index is 0.132. The van der Waals surface area contributed by atoms with Crippen molar-refractivity contribution in [3.8, 4) is 0 Å². The van der Waals surface area contributed by atoms with E-state index in [1.165, 1.54) is 18.4 Å². The van der Waals surface area contributed by atoms with Crippen LogP contribution < -0.4 is 5.73 Å². The Labute approximate surface area is 114 Å². The number of rotatable bonds is 8. The van der Waals surface area contributed by atoms with Gasteiger partial charge in [0.05, 0.1) is 12.6 Å². The smallest absolute Gasteiger partial charge is 0.0593 e. The third kappa shape index (κ3) is 4.05. The molecule has 0 aromatic carbocycles. The predicted octanol–water partition coefficient (Wildman–Crippen LogP) is 2.49. The summed E-state index contributed by atoms with van der Waals surface area (Å²) in [4.78, 5) is 2.31. The highest BCUT2D eigenvalue weighted by Gasteiger charge is 2.23. The molecule has 1 aliphatic carbocycles. The predicted molar refractivity (Wildman–Crippen MR) is 76.9 cm³/mol. The van der Waals surface area contributed by atoms with Crippen molar-refractivity contribution in [1.82, 2.24) is 4.90 Å². The SMILES string of the molecule is CC(N)C(c1ccsc1)N(C)CCOCC1CC1. The average molecular weight is 268 g/mol. The van der Waals surface area contributed by atoms with Crippen LogP contribution >= 0.6 is 11.3 Å². The molecule has 2 atom stereocenters. The van der Waals surface area contributed by atoms with Crippen LogP contribution in [-0.4, -0.2) is 37.7 Å². The minimum atomic E-state index is 0.132. The molecule has 0 radical (unpaired) electrons. The fourth-order valence-corrected chi connectivity index (χ4v) is 2.97. The molecule has 1 heterocycles. The summed E-state index contributed by atoms with van der Waals surface area (Å²) in [6.07, 6.45) is 2.71. The largest absolute Gasteiger partial charge is 0.380 e. The van der Waals surface area contributed by atoms with Gasteiger partial charge in [0, 0.05) is 19.2 Å². The van der Waals surface area contributed by atoms with Gasteiger partial charge in [-0.3, -0.25) is 4.90 Å². The monoisotopic (exact) mass is 268 g/mol. The highest BCUT2D eigenvalue weighted by Crippen LogP contribution is 2.29. The van der Waals surface area contributed by atoms with Crippen molar-refractivity contribution in [1.29, 1.82) is 0 Å². The fraction of sp³-hybridized carbons (Fsp3) is 0.714. The van der Waals surface area contributed by atoms with Crippen molar-refractivity contribution in [2.24, 2.45) is 11.7 Å². The quantitative estimate of drug-likeness (QED) is 0.736. The van der Waals surface area contributed by atoms with Crippen LogP contribution in [0, 0.1) is 5.92 Å². The first-order chi connectivity index (χ1) is 8.68. The van der Waals surface area contributed by atoms with Crippen molar-refractivity contribution in [2.75, 3.05) is 26.8 Å². The van der Waals surface area contributed by atoms with Gasteiger partial charge in [0.2, 0.25) is 0 Å². The first-order valence-electron chi connectivity index (χ1n) is 6.74. The van der Waals surface area contributed by atoms with Gasteiger partial charge in [-0.05, 0) is 55.1 Å². The van der Waals surface area contributed by atoms with E-state index in [-0.39, 0.29) is 6.04 Å². The van der Waals surface area contributed by atoms with Crippen LogP contribution in [0.15, 0.2) is 16.8 Å². The van der Waals surface area contributed by atoms with Gasteiger partial charge in [0.1, 0.15) is 0 Å². The zero-order chi connectivity index (χ0) is 13.0. The summed E-state index contributed by atoms with van der Waals surface area (Å²) in [5.41, 5.74) is 7.43. The highest BCUT2D eigenvalue weighted by molar-refractivity contribution is 7.07. The molecule has 18 heavy (non-hydrogen) atoms. The first-order valence-corrected chi connectivity index (χ1v) is 7.68. The summed E-state index contributed by atoms with van der Waals surface area (Å²) >= 11 is 1.73. The topological polar surface area (TPSA) is 38.5 Å². The summed E-state index contributed by atoms with van der Waals surface area (Å²) < 4.78 is 5.70. The molecule has 0 saturated heterocycles. The third-order valence-corrected chi connectivity index (χ3v) is 4.20. The standard InChI is InChI=1S/C14H24N2OS/c1-11(15)14(13-5-8-18-10-13)16(2)6-7-17-9-12-3-4-12/h5,8,10-12,14H,3-4,6-7,9,15H2,1-2H3. The van der Waals surface area contributed by atoms with E-state index in [0.29, 0.717) is 6.04 Å². The average Bonchev–Trinajstić information content (AvgIpc) is 3.00. The molecule has 1 aliphatic rings. The van der Waals surface area contributed by atoms with E-state index < -0.39 is 0 Å². The highest BCUT2D eigenvalue weighted by atomic mass is 32.1. The lowest BCUT2D eigenvalue weighted by atomic mass is 10.0. The molecule has 2 unspecified atom stereocenters. The third-order valence-electron chi connectivity index (χ3n) is 3.50. The molecule has 2 N–H and O–H groups in total. The van der Waals surface area contributed by atoms with Crippen LogP contribution in [0.5, 0.6) is 0 Å². The van der Waals surface area contributed by atoms with Crippen molar-refractivity contribution in [3.63, 3.8) is 0 Å². The minimum Gasteiger partial charge on any atom is -0.380 e. The molecule has 1 fully saturated rings. The van der Waals surface area contributed by atoms with Crippen LogP contribution in [0.4, 0.5) is 0 Å². The summed E-state index contributed by atoms with van der Waals surface area (Å²) in [5, 5.41) is 4.30. The summed E-state index contributed by atoms with van der Waals surface area (Å²) in [5.74, 6) is 0.844. The number of ether oxygens (including phenoxy) is 1. The Bertz CT molecular complexity index is 336. The number of nitrogens with two attached hydrogens (primary N) is 1. The van der Waals surface area contributed by atoms with Gasteiger partial charge in [-0.25, -0.2) is 0 Å². The lowest BCUT2D eigenvalue weighted by molar-refractivity contribution is 0.0876. The van der Waals surface area contributed by atoms with Crippen molar-refractivity contribution >= 4 is 11.3 Å². The molecule has 1 aromatic rings. The van der Waals surface area contributed by atoms with E-state index in [9.17, 15) is 0 Å². The van der Waals surface area contributed by atoms with Crippen LogP contribution in [0.1, 0.15) is 31.4 Å². The molecule has 102 valence electrons. The molecule has 0 bridgehead atoms. The molecule has 3 nitrogen and oxygen atoms in total. The zero-order valence-electron chi connectivity index (χ0n) is 11.3. The van der Waals surface area contributed by atoms with E-state index in [0.717, 1.165) is 25.7 Å². The summed E-state index contributed by atoms with van der Waals surface area (Å²) in [6.45, 7) is 4.76. The van der Waals surface area contributed by atoms with Crippen LogP contribution in [-0.2, 0) is 4.74 Å². The van der Waals surface area contributed by atoms with Gasteiger partial charge in [0.25, 0.3) is 0 Å². The van der Waals surface area contributed by atoms with Gasteiger partial charge in [-0.1, -0.05) is 0 Å². The van der Waals surface area contributed by atoms with Crippen LogP contribution in [0.3, 0.4) is 0 Å². The Hall–Kier alpha value is -0.420. The second-order valence-electron chi connectivity index (χ2n) is 5.36. The van der Waals surface area contributed by atoms with Crippen molar-refractivity contribution in [2.45, 2.75) is 31.8 Å². The van der Waals surface area contributed by atoms with Gasteiger partial charge >= 0.3 is 0 Å². The maximum Gasteiger partial charge on any atom is 0.0593 e. The van der Waals surface area contributed by atoms with Gasteiger partial charge in [-0.15, -0.1) is 0 Å². The lowest BCUT2D eigenvalue weighted by Crippen LogP contribution is -2.38. The molecular formula is C14H24N2OS. The lowest BCUT2D eigenvalue weighted by Gasteiger charge is -2.30. The van der Waals surface area contributed by atoms with Gasteiger partial charge < -0.3 is 10.5 Å². The first kappa shape index (κ1) is 14.0. The summed E-state index contributed by atoms with van der Waals surface area (Å²) in [7, 11) is 2.13. The molecule has 0 spiro atoms. The fourth-order valence-electron chi connectivity index (χ4n) is 2.28. The Morgan fingerprint density at radius 2 is 2.33 bits per heavy atom. The molecule has 2 rings (SSSR count). The molecule has 1 aromatic heterocycles. The maximum atomic E-state index is 6.11. The number of hydrogen-bond donors (Lipinski definition) is 1. The molecule has 1 saturated carbocycles. The number of hydrogen-bond acceptors (Lipinski definition) is 4. The van der Waals surface area contributed by atoms with E-state index in [4.69, 9.17) is 10.5 Å².